The Labute approximate surface area is 390 Å². The minimum absolute atomic E-state index is 0.000558. The third-order valence-electron chi connectivity index (χ3n) is 19.3. The lowest BCUT2D eigenvalue weighted by Crippen LogP contribution is -2.69. The van der Waals surface area contributed by atoms with Crippen molar-refractivity contribution in [3.8, 4) is 0 Å². The van der Waals surface area contributed by atoms with Crippen molar-refractivity contribution in [1.82, 2.24) is 0 Å². The zero-order valence-corrected chi connectivity index (χ0v) is 39.5. The number of aliphatic hydroxyl groups excluding tert-OH is 8. The molecule has 8 rings (SSSR count). The summed E-state index contributed by atoms with van der Waals surface area (Å²) in [5, 5.41) is 107. The first-order valence-electron chi connectivity index (χ1n) is 24.2. The van der Waals surface area contributed by atoms with Gasteiger partial charge in [-0.25, -0.2) is 4.79 Å². The van der Waals surface area contributed by atoms with Gasteiger partial charge in [-0.2, -0.15) is 0 Å². The average Bonchev–Trinajstić information content (AvgIpc) is 3.27. The van der Waals surface area contributed by atoms with Gasteiger partial charge in [0.2, 0.25) is 0 Å². The Bertz CT molecular complexity index is 1910. The zero-order valence-electron chi connectivity index (χ0n) is 39.5. The van der Waals surface area contributed by atoms with Crippen molar-refractivity contribution in [3.05, 3.63) is 11.6 Å². The number of ether oxygens (including phenoxy) is 6. The summed E-state index contributed by atoms with van der Waals surface area (Å²) in [4.78, 5) is 39.8. The summed E-state index contributed by atoms with van der Waals surface area (Å²) in [6, 6.07) is 0. The first-order valence-corrected chi connectivity index (χ1v) is 24.2. The summed E-state index contributed by atoms with van der Waals surface area (Å²) >= 11 is 0. The minimum Gasteiger partial charge on any atom is -0.481 e. The van der Waals surface area contributed by atoms with E-state index in [2.05, 4.69) is 40.7 Å². The van der Waals surface area contributed by atoms with E-state index >= 15 is 0 Å². The molecule has 380 valence electrons. The van der Waals surface area contributed by atoms with Crippen LogP contribution in [0.25, 0.3) is 0 Å². The molecule has 4 saturated carbocycles. The van der Waals surface area contributed by atoms with E-state index in [1.54, 1.807) is 6.92 Å². The summed E-state index contributed by atoms with van der Waals surface area (Å²) in [6.45, 7) is 13.8. The number of carboxylic acid groups (broad SMARTS) is 2. The lowest BCUT2D eigenvalue weighted by Gasteiger charge is -2.71. The molecule has 10 N–H and O–H groups in total. The monoisotopic (exact) mass is 954 g/mol. The van der Waals surface area contributed by atoms with Crippen molar-refractivity contribution in [2.75, 3.05) is 6.61 Å². The van der Waals surface area contributed by atoms with Crippen LogP contribution in [-0.2, 0) is 42.8 Å². The Balaban J connectivity index is 1.12. The highest BCUT2D eigenvalue weighted by Gasteiger charge is 2.70. The van der Waals surface area contributed by atoms with Gasteiger partial charge in [-0.15, -0.1) is 0 Å². The van der Waals surface area contributed by atoms with Crippen molar-refractivity contribution in [2.24, 2.45) is 50.2 Å². The predicted octanol–water partition coefficient (Wildman–Crippen LogP) is 1.01. The third-order valence-corrected chi connectivity index (χ3v) is 19.3. The number of carbonyl (C=O) groups excluding carboxylic acids is 1. The molecular weight excluding hydrogens is 881 g/mol. The SMILES string of the molecule is C[C@H]1O[C@H](O[C@H]2[C@H](O)[C@@H](C(=O)O)O[C@@H](O[C@@H]3CC[C@]4(C)[C@H](CC[C@@]5(C)[C@H]4CC=C4[C@H]6CC(C)(C)CC[C@@]6(C(=O)O)CC[C@@]45C)[C@@]3(C)C=O)[C@@H]2O[C@H]2O[C@@H](CO)[C@@H](O)[C@@H](O)[C@@H]2O)[C@@H](O)[C@@H](O)[C@@H]1O. The van der Waals surface area contributed by atoms with E-state index in [4.69, 9.17) is 28.4 Å². The van der Waals surface area contributed by atoms with Gasteiger partial charge in [0.1, 0.15) is 67.3 Å². The second kappa shape index (κ2) is 17.8. The van der Waals surface area contributed by atoms with Crippen LogP contribution in [0.15, 0.2) is 11.6 Å². The van der Waals surface area contributed by atoms with E-state index in [-0.39, 0.29) is 40.4 Å². The highest BCUT2D eigenvalue weighted by molar-refractivity contribution is 5.77. The van der Waals surface area contributed by atoms with E-state index < -0.39 is 133 Å². The number of rotatable bonds is 10. The molecule has 0 aromatic heterocycles. The van der Waals surface area contributed by atoms with Gasteiger partial charge in [0.05, 0.1) is 29.6 Å². The number of allylic oxidation sites excluding steroid dienone is 2. The Kier molecular flexibility index (Phi) is 13.6. The summed E-state index contributed by atoms with van der Waals surface area (Å²) < 4.78 is 36.3. The Hall–Kier alpha value is -2.21. The summed E-state index contributed by atoms with van der Waals surface area (Å²) in [5.41, 5.74) is -1.73. The van der Waals surface area contributed by atoms with Crippen LogP contribution in [-0.4, -0.2) is 174 Å². The third kappa shape index (κ3) is 7.88. The molecule has 3 heterocycles. The van der Waals surface area contributed by atoms with Crippen molar-refractivity contribution in [1.29, 1.82) is 0 Å². The molecule has 5 aliphatic carbocycles. The van der Waals surface area contributed by atoms with Crippen LogP contribution in [0.4, 0.5) is 0 Å². The molecule has 3 aliphatic heterocycles. The molecular formula is C48H74O19. The van der Waals surface area contributed by atoms with Gasteiger partial charge in [0, 0.05) is 0 Å². The molecule has 0 radical (unpaired) electrons. The van der Waals surface area contributed by atoms with Gasteiger partial charge in [0.25, 0.3) is 0 Å². The summed E-state index contributed by atoms with van der Waals surface area (Å²) in [7, 11) is 0. The first-order chi connectivity index (χ1) is 31.2. The smallest absolute Gasteiger partial charge is 0.335 e. The minimum atomic E-state index is -2.13. The number of hydrogen-bond donors (Lipinski definition) is 10. The van der Waals surface area contributed by atoms with Crippen LogP contribution in [0, 0.1) is 50.2 Å². The van der Waals surface area contributed by atoms with Crippen LogP contribution in [0.3, 0.4) is 0 Å². The van der Waals surface area contributed by atoms with E-state index in [0.717, 1.165) is 32.0 Å². The van der Waals surface area contributed by atoms with Crippen molar-refractivity contribution in [3.63, 3.8) is 0 Å². The maximum atomic E-state index is 13.8. The van der Waals surface area contributed by atoms with Crippen LogP contribution in [0.5, 0.6) is 0 Å². The molecule has 67 heavy (non-hydrogen) atoms. The van der Waals surface area contributed by atoms with Crippen LogP contribution in [0.1, 0.15) is 113 Å². The first kappa shape index (κ1) is 51.2. The van der Waals surface area contributed by atoms with Gasteiger partial charge in [-0.05, 0) is 111 Å². The van der Waals surface area contributed by atoms with Crippen LogP contribution in [0.2, 0.25) is 0 Å². The van der Waals surface area contributed by atoms with Gasteiger partial charge >= 0.3 is 11.9 Å². The molecule has 0 bridgehead atoms. The molecule has 24 atom stereocenters. The lowest BCUT2D eigenvalue weighted by molar-refractivity contribution is -0.394. The Morgan fingerprint density at radius 1 is 0.701 bits per heavy atom. The quantitative estimate of drug-likeness (QED) is 0.0830. The highest BCUT2D eigenvalue weighted by Crippen LogP contribution is 2.76. The normalized spacial score (nSPS) is 54.0. The van der Waals surface area contributed by atoms with Crippen LogP contribution < -0.4 is 0 Å². The zero-order chi connectivity index (χ0) is 49.1. The summed E-state index contributed by atoms with van der Waals surface area (Å²) in [5.74, 6) is -2.63. The number of aliphatic hydroxyl groups is 8. The molecule has 3 saturated heterocycles. The van der Waals surface area contributed by atoms with E-state index in [9.17, 15) is 65.4 Å². The number of fused-ring (bicyclic) bond motifs is 7. The molecule has 19 heteroatoms. The maximum Gasteiger partial charge on any atom is 0.335 e. The Morgan fingerprint density at radius 2 is 1.33 bits per heavy atom. The molecule has 0 aromatic carbocycles. The topological polar surface area (TPSA) is 309 Å². The van der Waals surface area contributed by atoms with Gasteiger partial charge < -0.3 is 84.3 Å². The molecule has 0 amide bonds. The molecule has 0 aromatic rings. The van der Waals surface area contributed by atoms with Crippen molar-refractivity contribution >= 4 is 18.2 Å². The number of carbonyl (C=O) groups is 3. The predicted molar refractivity (Wildman–Crippen MR) is 230 cm³/mol. The fourth-order valence-electron chi connectivity index (χ4n) is 14.9. The van der Waals surface area contributed by atoms with Crippen molar-refractivity contribution < 1.29 is 93.9 Å². The second-order valence-corrected chi connectivity index (χ2v) is 23.2. The number of hydrogen-bond acceptors (Lipinski definition) is 17. The van der Waals surface area contributed by atoms with E-state index in [1.807, 2.05) is 0 Å². The highest BCUT2D eigenvalue weighted by atomic mass is 16.8. The number of carboxylic acids is 2. The van der Waals surface area contributed by atoms with E-state index in [1.165, 1.54) is 12.5 Å². The second-order valence-electron chi connectivity index (χ2n) is 23.2. The van der Waals surface area contributed by atoms with Gasteiger partial charge in [0.15, 0.2) is 25.0 Å². The fourth-order valence-corrected chi connectivity index (χ4v) is 14.9. The fraction of sp³-hybridized carbons (Fsp3) is 0.896. The average molecular weight is 955 g/mol. The van der Waals surface area contributed by atoms with Crippen LogP contribution >= 0.6 is 0 Å². The van der Waals surface area contributed by atoms with E-state index in [0.29, 0.717) is 32.1 Å². The number of aldehydes is 1. The Morgan fingerprint density at radius 3 is 1.96 bits per heavy atom. The lowest BCUT2D eigenvalue weighted by atomic mass is 9.33. The number of aliphatic carboxylic acids is 2. The molecule has 19 nitrogen and oxygen atoms in total. The largest absolute Gasteiger partial charge is 0.481 e. The molecule has 7 fully saturated rings. The molecule has 8 aliphatic rings. The van der Waals surface area contributed by atoms with Gasteiger partial charge in [-0.3, -0.25) is 4.79 Å². The van der Waals surface area contributed by atoms with Gasteiger partial charge in [-0.1, -0.05) is 53.2 Å². The standard InChI is InChI=1S/C48H74O19/c1-21-28(51)30(53)32(55)39(62-21)65-35-34(57)36(38(58)59)66-41(37(35)67-40-33(56)31(54)29(52)24(19-49)63-40)64-27-11-12-44(4)25(45(27,5)20-50)10-13-47(7)26(44)9-8-22-23-18-43(2,3)14-16-48(23,42(60)61)17-15-46(22,47)6/h8,20-21,23-37,39-41,49,51-57H,9-19H2,1-7H3,(H,58,59)(H,60,61)/t21-,23-,24+,25+,26+,27-,28-,29-,30+,31-,32+,33+,34+,35+,36+,37-,39-,40-,41-,44-,45-,46+,47+,48-/m1/s1. The molecule has 0 unspecified atom stereocenters. The van der Waals surface area contributed by atoms with Crippen molar-refractivity contribution in [2.45, 2.75) is 211 Å². The summed E-state index contributed by atoms with van der Waals surface area (Å²) in [6.07, 6.45) is -18.3. The molecule has 0 spiro atoms. The maximum absolute atomic E-state index is 13.8.